The van der Waals surface area contributed by atoms with Crippen molar-refractivity contribution in [3.05, 3.63) is 101 Å². The molecule has 0 aliphatic heterocycles. The van der Waals surface area contributed by atoms with E-state index in [0.717, 1.165) is 25.2 Å². The summed E-state index contributed by atoms with van der Waals surface area (Å²) in [5, 5.41) is 10.1. The summed E-state index contributed by atoms with van der Waals surface area (Å²) in [6, 6.07) is 26.4. The molecule has 3 aromatic rings. The Labute approximate surface area is 216 Å². The number of benzene rings is 3. The lowest BCUT2D eigenvalue weighted by Gasteiger charge is -2.35. The van der Waals surface area contributed by atoms with Crippen LogP contribution in [0.4, 0.5) is 0 Å². The van der Waals surface area contributed by atoms with E-state index in [1.54, 1.807) is 14.2 Å². The number of hydrogen-bond acceptors (Lipinski definition) is 3. The highest BCUT2D eigenvalue weighted by atomic mass is 16.7. The van der Waals surface area contributed by atoms with Crippen LogP contribution in [-0.4, -0.2) is 25.6 Å². The van der Waals surface area contributed by atoms with Gasteiger partial charge < -0.3 is 14.6 Å². The third kappa shape index (κ3) is 5.53. The average molecular weight is 485 g/mol. The molecule has 0 aromatic heterocycles. The SMILES string of the molecule is COC(OC)C1CCCC(Cc2ccc(C3c4ccc(O)cc4CCC3c3ccccc3)cc2)CC1. The van der Waals surface area contributed by atoms with Crippen molar-refractivity contribution in [1.29, 1.82) is 0 Å². The molecule has 3 heteroatoms. The van der Waals surface area contributed by atoms with Crippen LogP contribution in [0.15, 0.2) is 72.8 Å². The molecule has 2 aliphatic carbocycles. The minimum Gasteiger partial charge on any atom is -0.508 e. The quantitative estimate of drug-likeness (QED) is 0.277. The molecule has 0 bridgehead atoms. The zero-order valence-electron chi connectivity index (χ0n) is 21.7. The molecule has 1 fully saturated rings. The first kappa shape index (κ1) is 25.0. The van der Waals surface area contributed by atoms with Crippen LogP contribution in [0, 0.1) is 11.8 Å². The average Bonchev–Trinajstić information content (AvgIpc) is 3.15. The van der Waals surface area contributed by atoms with Gasteiger partial charge in [0.2, 0.25) is 0 Å². The van der Waals surface area contributed by atoms with Crippen molar-refractivity contribution in [1.82, 2.24) is 0 Å². The highest BCUT2D eigenvalue weighted by molar-refractivity contribution is 5.47. The summed E-state index contributed by atoms with van der Waals surface area (Å²) >= 11 is 0. The Balaban J connectivity index is 1.34. The van der Waals surface area contributed by atoms with E-state index in [1.807, 2.05) is 12.1 Å². The topological polar surface area (TPSA) is 38.7 Å². The van der Waals surface area contributed by atoms with E-state index in [0.29, 0.717) is 23.5 Å². The van der Waals surface area contributed by atoms with Gasteiger partial charge in [-0.3, -0.25) is 0 Å². The van der Waals surface area contributed by atoms with Gasteiger partial charge in [0.25, 0.3) is 0 Å². The standard InChI is InChI=1S/C33H40O3/c1-35-33(36-2)27-10-6-7-23(13-16-27)21-24-11-14-26(15-12-24)32-30(25-8-4-3-5-9-25)19-17-28-22-29(34)18-20-31(28)32/h3-5,8-9,11-12,14-15,18,20,22-23,27,30,32-34H,6-7,10,13,16-17,19,21H2,1-2H3. The highest BCUT2D eigenvalue weighted by Crippen LogP contribution is 2.47. The lowest BCUT2D eigenvalue weighted by Crippen LogP contribution is -2.24. The summed E-state index contributed by atoms with van der Waals surface area (Å²) in [6.45, 7) is 0. The van der Waals surface area contributed by atoms with Crippen molar-refractivity contribution < 1.29 is 14.6 Å². The van der Waals surface area contributed by atoms with Crippen LogP contribution >= 0.6 is 0 Å². The van der Waals surface area contributed by atoms with E-state index in [4.69, 9.17) is 9.47 Å². The number of fused-ring (bicyclic) bond motifs is 1. The Bertz CT molecular complexity index is 1100. The molecule has 0 amide bonds. The fraction of sp³-hybridized carbons (Fsp3) is 0.455. The van der Waals surface area contributed by atoms with E-state index >= 15 is 0 Å². The van der Waals surface area contributed by atoms with Crippen LogP contribution in [-0.2, 0) is 22.3 Å². The maximum Gasteiger partial charge on any atom is 0.159 e. The second kappa shape index (κ2) is 11.6. The van der Waals surface area contributed by atoms with Gasteiger partial charge in [-0.05, 0) is 90.3 Å². The molecular weight excluding hydrogens is 444 g/mol. The Hall–Kier alpha value is -2.62. The predicted octanol–water partition coefficient (Wildman–Crippen LogP) is 7.61. The minimum atomic E-state index is -0.0686. The van der Waals surface area contributed by atoms with Crippen LogP contribution in [0.2, 0.25) is 0 Å². The van der Waals surface area contributed by atoms with E-state index < -0.39 is 0 Å². The number of hydrogen-bond donors (Lipinski definition) is 1. The van der Waals surface area contributed by atoms with Crippen molar-refractivity contribution in [2.75, 3.05) is 14.2 Å². The summed E-state index contributed by atoms with van der Waals surface area (Å²) in [5.41, 5.74) is 6.87. The van der Waals surface area contributed by atoms with Gasteiger partial charge in [-0.2, -0.15) is 0 Å². The summed E-state index contributed by atoms with van der Waals surface area (Å²) in [7, 11) is 3.52. The zero-order chi connectivity index (χ0) is 24.9. The minimum absolute atomic E-state index is 0.0686. The Morgan fingerprint density at radius 3 is 2.33 bits per heavy atom. The van der Waals surface area contributed by atoms with Crippen molar-refractivity contribution in [3.63, 3.8) is 0 Å². The first-order chi connectivity index (χ1) is 17.7. The van der Waals surface area contributed by atoms with Gasteiger partial charge in [0.1, 0.15) is 5.75 Å². The molecule has 4 unspecified atom stereocenters. The van der Waals surface area contributed by atoms with Gasteiger partial charge >= 0.3 is 0 Å². The molecule has 2 aliphatic rings. The number of rotatable bonds is 7. The molecule has 3 aromatic carbocycles. The third-order valence-electron chi connectivity index (χ3n) is 8.66. The molecule has 4 atom stereocenters. The van der Waals surface area contributed by atoms with Crippen molar-refractivity contribution in [2.45, 2.75) is 69.5 Å². The van der Waals surface area contributed by atoms with Gasteiger partial charge in [0.05, 0.1) is 0 Å². The van der Waals surface area contributed by atoms with Crippen molar-refractivity contribution in [2.24, 2.45) is 11.8 Å². The number of aromatic hydroxyl groups is 1. The Morgan fingerprint density at radius 1 is 0.806 bits per heavy atom. The summed E-state index contributed by atoms with van der Waals surface area (Å²) in [4.78, 5) is 0. The second-order valence-corrected chi connectivity index (χ2v) is 10.8. The number of aryl methyl sites for hydroxylation is 1. The third-order valence-corrected chi connectivity index (χ3v) is 8.66. The predicted molar refractivity (Wildman–Crippen MR) is 145 cm³/mol. The molecule has 3 nitrogen and oxygen atoms in total. The monoisotopic (exact) mass is 484 g/mol. The fourth-order valence-electron chi connectivity index (χ4n) is 6.84. The van der Waals surface area contributed by atoms with E-state index in [1.165, 1.54) is 59.9 Å². The molecule has 0 saturated heterocycles. The molecule has 36 heavy (non-hydrogen) atoms. The molecule has 5 rings (SSSR count). The van der Waals surface area contributed by atoms with Crippen LogP contribution in [0.5, 0.6) is 5.75 Å². The van der Waals surface area contributed by atoms with Crippen LogP contribution in [0.3, 0.4) is 0 Å². The van der Waals surface area contributed by atoms with Gasteiger partial charge in [0.15, 0.2) is 6.29 Å². The van der Waals surface area contributed by atoms with E-state index in [2.05, 4.69) is 60.7 Å². The molecule has 0 radical (unpaired) electrons. The summed E-state index contributed by atoms with van der Waals surface area (Å²) in [5.74, 6) is 2.36. The molecule has 0 spiro atoms. The number of ether oxygens (including phenoxy) is 2. The normalized spacial score (nSPS) is 24.3. The van der Waals surface area contributed by atoms with Crippen molar-refractivity contribution in [3.8, 4) is 5.75 Å². The van der Waals surface area contributed by atoms with Crippen LogP contribution in [0.25, 0.3) is 0 Å². The molecule has 190 valence electrons. The van der Waals surface area contributed by atoms with Gasteiger partial charge in [-0.15, -0.1) is 0 Å². The lowest BCUT2D eigenvalue weighted by atomic mass is 9.69. The largest absolute Gasteiger partial charge is 0.508 e. The zero-order valence-corrected chi connectivity index (χ0v) is 21.7. The highest BCUT2D eigenvalue weighted by Gasteiger charge is 2.32. The van der Waals surface area contributed by atoms with E-state index in [9.17, 15) is 5.11 Å². The smallest absolute Gasteiger partial charge is 0.159 e. The maximum absolute atomic E-state index is 10.1. The lowest BCUT2D eigenvalue weighted by molar-refractivity contribution is -0.139. The van der Waals surface area contributed by atoms with E-state index in [-0.39, 0.29) is 6.29 Å². The first-order valence-corrected chi connectivity index (χ1v) is 13.7. The number of methoxy groups -OCH3 is 2. The van der Waals surface area contributed by atoms with Gasteiger partial charge in [-0.1, -0.05) is 73.5 Å². The first-order valence-electron chi connectivity index (χ1n) is 13.7. The molecule has 1 N–H and O–H groups in total. The Kier molecular flexibility index (Phi) is 8.09. The van der Waals surface area contributed by atoms with Crippen molar-refractivity contribution >= 4 is 0 Å². The molecule has 1 saturated carbocycles. The Morgan fingerprint density at radius 2 is 1.58 bits per heavy atom. The van der Waals surface area contributed by atoms with Crippen LogP contribution in [0.1, 0.15) is 78.2 Å². The summed E-state index contributed by atoms with van der Waals surface area (Å²) < 4.78 is 11.1. The number of phenols is 1. The molecule has 0 heterocycles. The maximum atomic E-state index is 10.1. The molecular formula is C33H40O3. The number of phenolic OH excluding ortho intramolecular Hbond substituents is 1. The second-order valence-electron chi connectivity index (χ2n) is 10.8. The van der Waals surface area contributed by atoms with Gasteiger partial charge in [-0.25, -0.2) is 0 Å². The fourth-order valence-corrected chi connectivity index (χ4v) is 6.84. The van der Waals surface area contributed by atoms with Crippen LogP contribution < -0.4 is 0 Å². The van der Waals surface area contributed by atoms with Gasteiger partial charge in [0, 0.05) is 26.1 Å². The summed E-state index contributed by atoms with van der Waals surface area (Å²) in [6.07, 6.45) is 9.34.